The van der Waals surface area contributed by atoms with Crippen molar-refractivity contribution >= 4 is 11.8 Å². The number of imidazole rings is 1. The van der Waals surface area contributed by atoms with E-state index in [2.05, 4.69) is 30.6 Å². The number of aliphatic hydroxyl groups excluding tert-OH is 3. The second kappa shape index (κ2) is 7.20. The fourth-order valence-corrected chi connectivity index (χ4v) is 3.12. The highest BCUT2D eigenvalue weighted by Gasteiger charge is 2.37. The summed E-state index contributed by atoms with van der Waals surface area (Å²) in [4.78, 5) is 35.6. The molecule has 4 atom stereocenters. The average molecular weight is 393 g/mol. The Kier molecular flexibility index (Phi) is 4.72. The molecule has 1 saturated heterocycles. The highest BCUT2D eigenvalue weighted by Crippen LogP contribution is 2.34. The van der Waals surface area contributed by atoms with E-state index in [1.54, 1.807) is 4.57 Å². The average Bonchev–Trinajstić information content (AvgIpc) is 3.24. The first-order valence-electron chi connectivity index (χ1n) is 8.54. The summed E-state index contributed by atoms with van der Waals surface area (Å²) < 4.78 is 7.22. The van der Waals surface area contributed by atoms with Crippen molar-refractivity contribution in [3.8, 4) is 0 Å². The lowest BCUT2D eigenvalue weighted by atomic mass is 10.2. The van der Waals surface area contributed by atoms with Gasteiger partial charge in [-0.1, -0.05) is 0 Å². The van der Waals surface area contributed by atoms with Crippen LogP contribution < -0.4 is 21.9 Å². The van der Waals surface area contributed by atoms with Crippen LogP contribution in [0.1, 0.15) is 30.1 Å². The highest BCUT2D eigenvalue weighted by atomic mass is 16.5. The molecule has 2 aliphatic rings. The van der Waals surface area contributed by atoms with Crippen LogP contribution in [0.3, 0.4) is 0 Å². The van der Waals surface area contributed by atoms with Gasteiger partial charge in [-0.15, -0.1) is 0 Å². The number of guanidine groups is 1. The number of aliphatic hydroxyl groups is 3. The lowest BCUT2D eigenvalue weighted by molar-refractivity contribution is -0.0437. The van der Waals surface area contributed by atoms with E-state index < -0.39 is 35.9 Å². The first-order valence-corrected chi connectivity index (χ1v) is 8.54. The van der Waals surface area contributed by atoms with E-state index in [0.29, 0.717) is 11.5 Å². The molecule has 1 fully saturated rings. The number of nitrogens with zero attached hydrogens (tertiary/aromatic N) is 3. The molecule has 0 aliphatic carbocycles. The lowest BCUT2D eigenvalue weighted by Gasteiger charge is -2.25. The van der Waals surface area contributed by atoms with Gasteiger partial charge in [-0.05, 0) is 0 Å². The van der Waals surface area contributed by atoms with Gasteiger partial charge in [0.25, 0.3) is 5.56 Å². The lowest BCUT2D eigenvalue weighted by Crippen LogP contribution is -2.40. The Morgan fingerprint density at radius 2 is 2.18 bits per heavy atom. The van der Waals surface area contributed by atoms with Crippen LogP contribution in [0.4, 0.5) is 5.82 Å². The predicted molar refractivity (Wildman–Crippen MR) is 94.4 cm³/mol. The summed E-state index contributed by atoms with van der Waals surface area (Å²) >= 11 is 0. The zero-order chi connectivity index (χ0) is 19.8. The molecule has 0 radical (unpaired) electrons. The maximum atomic E-state index is 11.7. The normalized spacial score (nSPS) is 28.0. The van der Waals surface area contributed by atoms with Gasteiger partial charge in [0.2, 0.25) is 0 Å². The molecule has 4 rings (SSSR count). The van der Waals surface area contributed by atoms with E-state index in [9.17, 15) is 24.9 Å². The predicted octanol–water partition coefficient (Wildman–Crippen LogP) is -2.54. The van der Waals surface area contributed by atoms with Crippen molar-refractivity contribution in [3.63, 3.8) is 0 Å². The van der Waals surface area contributed by atoms with Crippen molar-refractivity contribution in [3.05, 3.63) is 44.6 Å². The Bertz CT molecular complexity index is 1010. The van der Waals surface area contributed by atoms with Gasteiger partial charge in [-0.3, -0.25) is 14.3 Å². The van der Waals surface area contributed by atoms with Crippen LogP contribution in [0, 0.1) is 0 Å². The summed E-state index contributed by atoms with van der Waals surface area (Å²) in [5.41, 5.74) is -0.623. The molecule has 150 valence electrons. The summed E-state index contributed by atoms with van der Waals surface area (Å²) in [5, 5.41) is 35.1. The van der Waals surface area contributed by atoms with E-state index in [4.69, 9.17) is 4.74 Å². The highest BCUT2D eigenvalue weighted by molar-refractivity contribution is 5.95. The van der Waals surface area contributed by atoms with Crippen LogP contribution in [0.5, 0.6) is 0 Å². The topological polar surface area (TPSA) is 190 Å². The van der Waals surface area contributed by atoms with Crippen molar-refractivity contribution < 1.29 is 20.1 Å². The van der Waals surface area contributed by atoms with E-state index in [0.717, 1.165) is 0 Å². The molecule has 2 aromatic heterocycles. The van der Waals surface area contributed by atoms with Crippen LogP contribution in [0.2, 0.25) is 0 Å². The molecule has 4 heterocycles. The van der Waals surface area contributed by atoms with Crippen molar-refractivity contribution in [2.75, 3.05) is 11.9 Å². The fraction of sp³-hybridized carbons (Fsp3) is 0.467. The quantitative estimate of drug-likeness (QED) is 0.293. The third-order valence-corrected chi connectivity index (χ3v) is 4.59. The first kappa shape index (κ1) is 18.4. The van der Waals surface area contributed by atoms with Gasteiger partial charge in [0.15, 0.2) is 12.2 Å². The van der Waals surface area contributed by atoms with Gasteiger partial charge in [0.1, 0.15) is 23.8 Å². The number of anilines is 1. The Morgan fingerprint density at radius 3 is 2.89 bits per heavy atom. The number of nitrogens with one attached hydrogen (secondary N) is 4. The van der Waals surface area contributed by atoms with Crippen LogP contribution in [0.25, 0.3) is 0 Å². The van der Waals surface area contributed by atoms with Crippen molar-refractivity contribution in [2.45, 2.75) is 37.6 Å². The zero-order valence-corrected chi connectivity index (χ0v) is 14.5. The molecule has 0 aromatic carbocycles. The molecule has 7 N–H and O–H groups in total. The molecule has 28 heavy (non-hydrogen) atoms. The number of hydrogen-bond acceptors (Lipinski definition) is 8. The van der Waals surface area contributed by atoms with Crippen molar-refractivity contribution in [1.29, 1.82) is 0 Å². The third-order valence-electron chi connectivity index (χ3n) is 4.59. The SMILES string of the molecule is O=c1[nH]cc(CN=C2Nc3c(ncn3[C@H]3C[C@H](O)[C@@H](CO)O3)C(O)N2)c(=O)[nH]1. The molecule has 0 saturated carbocycles. The molecule has 1 unspecified atom stereocenters. The Balaban J connectivity index is 1.56. The summed E-state index contributed by atoms with van der Waals surface area (Å²) in [5.74, 6) is 0.598. The smallest absolute Gasteiger partial charge is 0.325 e. The number of hydrogen-bond donors (Lipinski definition) is 7. The molecule has 2 aromatic rings. The van der Waals surface area contributed by atoms with Crippen LogP contribution in [-0.2, 0) is 11.3 Å². The molecule has 13 nitrogen and oxygen atoms in total. The summed E-state index contributed by atoms with van der Waals surface area (Å²) in [6, 6.07) is 0. The maximum absolute atomic E-state index is 11.7. The Labute approximate surface area is 156 Å². The summed E-state index contributed by atoms with van der Waals surface area (Å²) in [6.07, 6.45) is -0.277. The molecule has 2 aliphatic heterocycles. The zero-order valence-electron chi connectivity index (χ0n) is 14.5. The van der Waals surface area contributed by atoms with E-state index in [1.807, 2.05) is 0 Å². The summed E-state index contributed by atoms with van der Waals surface area (Å²) in [7, 11) is 0. The van der Waals surface area contributed by atoms with E-state index in [-0.39, 0.29) is 31.1 Å². The van der Waals surface area contributed by atoms with E-state index >= 15 is 0 Å². The summed E-state index contributed by atoms with van der Waals surface area (Å²) in [6.45, 7) is -0.366. The van der Waals surface area contributed by atoms with Crippen LogP contribution >= 0.6 is 0 Å². The molecular formula is C15H19N7O6. The molecule has 0 bridgehead atoms. The monoisotopic (exact) mass is 393 g/mol. The van der Waals surface area contributed by atoms with Gasteiger partial charge in [0.05, 0.1) is 31.1 Å². The fourth-order valence-electron chi connectivity index (χ4n) is 3.12. The van der Waals surface area contributed by atoms with Crippen LogP contribution in [-0.4, -0.2) is 59.6 Å². The first-order chi connectivity index (χ1) is 13.5. The molecular weight excluding hydrogens is 374 g/mol. The minimum absolute atomic E-state index is 0.0527. The Morgan fingerprint density at radius 1 is 1.36 bits per heavy atom. The number of aromatic amines is 2. The minimum Gasteiger partial charge on any atom is -0.394 e. The number of rotatable bonds is 4. The number of ether oxygens (including phenoxy) is 1. The molecule has 13 heteroatoms. The van der Waals surface area contributed by atoms with Crippen molar-refractivity contribution in [1.82, 2.24) is 24.8 Å². The second-order valence-electron chi connectivity index (χ2n) is 6.43. The van der Waals surface area contributed by atoms with E-state index in [1.165, 1.54) is 12.5 Å². The maximum Gasteiger partial charge on any atom is 0.325 e. The van der Waals surface area contributed by atoms with Gasteiger partial charge >= 0.3 is 5.69 Å². The number of fused-ring (bicyclic) bond motifs is 1. The number of aromatic nitrogens is 4. The van der Waals surface area contributed by atoms with Crippen molar-refractivity contribution in [2.24, 2.45) is 4.99 Å². The third kappa shape index (κ3) is 3.31. The van der Waals surface area contributed by atoms with Gasteiger partial charge < -0.3 is 35.7 Å². The van der Waals surface area contributed by atoms with Crippen LogP contribution in [0.15, 0.2) is 27.1 Å². The van der Waals surface area contributed by atoms with Gasteiger partial charge in [-0.25, -0.2) is 14.8 Å². The van der Waals surface area contributed by atoms with Gasteiger partial charge in [0, 0.05) is 12.6 Å². The Hall–Kier alpha value is -3.00. The number of aliphatic imine (C=N–C) groups is 1. The van der Waals surface area contributed by atoms with Gasteiger partial charge in [-0.2, -0.15) is 0 Å². The number of H-pyrrole nitrogens is 2. The largest absolute Gasteiger partial charge is 0.394 e. The standard InChI is InChI=1S/C15H19N7O6/c23-4-8-7(24)1-9(28-8)22-5-18-10-11(22)19-14(20-13(10)26)16-2-6-3-17-15(27)21-12(6)25/h3,5,7-9,13,23-24,26H,1-2,4H2,(H2,16,19,20)(H2,17,21,25,27)/t7-,8+,9+,13?/m0/s1. The molecule has 0 amide bonds. The molecule has 0 spiro atoms. The minimum atomic E-state index is -1.15. The second-order valence-corrected chi connectivity index (χ2v) is 6.43.